The van der Waals surface area contributed by atoms with E-state index in [0.717, 1.165) is 0 Å². The van der Waals surface area contributed by atoms with Gasteiger partial charge in [-0.2, -0.15) is 4.68 Å². The van der Waals surface area contributed by atoms with E-state index in [1.807, 2.05) is 39.0 Å². The van der Waals surface area contributed by atoms with E-state index in [1.165, 1.54) is 11.0 Å². The normalized spacial score (nSPS) is 11.3. The van der Waals surface area contributed by atoms with Crippen LogP contribution < -0.4 is 5.32 Å². The Morgan fingerprint density at radius 3 is 2.75 bits per heavy atom. The highest BCUT2D eigenvalue weighted by molar-refractivity contribution is 5.93. The lowest BCUT2D eigenvalue weighted by molar-refractivity contribution is -0.125. The molecule has 2 rings (SSSR count). The number of anilines is 1. The average molecular weight is 275 g/mol. The fraction of sp³-hybridized carbons (Fsp3) is 0.385. The lowest BCUT2D eigenvalue weighted by Crippen LogP contribution is -2.27. The van der Waals surface area contributed by atoms with Gasteiger partial charge >= 0.3 is 0 Å². The van der Waals surface area contributed by atoms with Crippen molar-refractivity contribution >= 4 is 11.6 Å². The second kappa shape index (κ2) is 5.79. The van der Waals surface area contributed by atoms with Crippen molar-refractivity contribution in [1.29, 1.82) is 0 Å². The first-order valence-corrected chi connectivity index (χ1v) is 6.22. The maximum absolute atomic E-state index is 11.9. The summed E-state index contributed by atoms with van der Waals surface area (Å²) < 4.78 is 6.92. The van der Waals surface area contributed by atoms with E-state index in [0.29, 0.717) is 11.4 Å². The van der Waals surface area contributed by atoms with Gasteiger partial charge in [-0.3, -0.25) is 4.79 Å². The zero-order valence-corrected chi connectivity index (χ0v) is 11.7. The number of carbonyl (C=O) groups is 1. The molecule has 0 spiro atoms. The summed E-state index contributed by atoms with van der Waals surface area (Å²) in [4.78, 5) is 11.9. The van der Waals surface area contributed by atoms with E-state index >= 15 is 0 Å². The Bertz CT molecular complexity index is 575. The van der Waals surface area contributed by atoms with Crippen LogP contribution in [0, 0.1) is 0 Å². The largest absolute Gasteiger partial charge is 0.366 e. The molecule has 20 heavy (non-hydrogen) atoms. The molecule has 0 bridgehead atoms. The maximum atomic E-state index is 11.9. The summed E-state index contributed by atoms with van der Waals surface area (Å²) in [5.41, 5.74) is 0.969. The summed E-state index contributed by atoms with van der Waals surface area (Å²) in [5, 5.41) is 13.8. The van der Waals surface area contributed by atoms with Crippen LogP contribution in [0.15, 0.2) is 30.6 Å². The number of nitrogens with one attached hydrogen (secondary N) is 1. The summed E-state index contributed by atoms with van der Waals surface area (Å²) in [6, 6.07) is 7.27. The standard InChI is InChI=1S/C13H17N5O2/c1-13(2,3)20-8-12(19)15-10-6-4-5-7-11(10)18-9-14-16-17-18/h4-7,9H,8H2,1-3H3,(H,15,19). The Kier molecular flexibility index (Phi) is 4.09. The highest BCUT2D eigenvalue weighted by Crippen LogP contribution is 2.18. The van der Waals surface area contributed by atoms with E-state index in [2.05, 4.69) is 20.8 Å². The lowest BCUT2D eigenvalue weighted by atomic mass is 10.2. The quantitative estimate of drug-likeness (QED) is 0.912. The monoisotopic (exact) mass is 275 g/mol. The molecule has 1 N–H and O–H groups in total. The molecule has 0 atom stereocenters. The Morgan fingerprint density at radius 2 is 2.10 bits per heavy atom. The maximum Gasteiger partial charge on any atom is 0.250 e. The first-order valence-electron chi connectivity index (χ1n) is 6.22. The number of aromatic nitrogens is 4. The molecule has 1 aromatic heterocycles. The molecule has 1 amide bonds. The summed E-state index contributed by atoms with van der Waals surface area (Å²) in [7, 11) is 0. The number of para-hydroxylation sites is 2. The molecular formula is C13H17N5O2. The third-order valence-electron chi connectivity index (χ3n) is 2.41. The van der Waals surface area contributed by atoms with E-state index in [4.69, 9.17) is 4.74 Å². The van der Waals surface area contributed by atoms with Crippen LogP contribution in [0.25, 0.3) is 5.69 Å². The first kappa shape index (κ1) is 14.1. The van der Waals surface area contributed by atoms with Crippen LogP contribution in [0.1, 0.15) is 20.8 Å². The van der Waals surface area contributed by atoms with Crippen LogP contribution >= 0.6 is 0 Å². The summed E-state index contributed by atoms with van der Waals surface area (Å²) in [5.74, 6) is -0.222. The Hall–Kier alpha value is -2.28. The van der Waals surface area contributed by atoms with Crippen LogP contribution in [0.4, 0.5) is 5.69 Å². The number of amides is 1. The zero-order chi connectivity index (χ0) is 14.6. The van der Waals surface area contributed by atoms with Gasteiger partial charge in [-0.05, 0) is 43.3 Å². The predicted molar refractivity (Wildman–Crippen MR) is 73.5 cm³/mol. The Morgan fingerprint density at radius 1 is 1.35 bits per heavy atom. The van der Waals surface area contributed by atoms with Crippen molar-refractivity contribution in [1.82, 2.24) is 20.2 Å². The third-order valence-corrected chi connectivity index (χ3v) is 2.41. The molecule has 0 aliphatic heterocycles. The molecule has 0 radical (unpaired) electrons. The molecule has 106 valence electrons. The second-order valence-electron chi connectivity index (χ2n) is 5.22. The van der Waals surface area contributed by atoms with Crippen molar-refractivity contribution in [3.8, 4) is 5.69 Å². The number of hydrogen-bond donors (Lipinski definition) is 1. The minimum Gasteiger partial charge on any atom is -0.366 e. The van der Waals surface area contributed by atoms with Crippen molar-refractivity contribution in [2.45, 2.75) is 26.4 Å². The molecule has 0 aliphatic carbocycles. The van der Waals surface area contributed by atoms with Crippen molar-refractivity contribution in [3.63, 3.8) is 0 Å². The Balaban J connectivity index is 2.08. The number of ether oxygens (including phenoxy) is 1. The van der Waals surface area contributed by atoms with Crippen molar-refractivity contribution < 1.29 is 9.53 Å². The number of carbonyl (C=O) groups excluding carboxylic acids is 1. The van der Waals surface area contributed by atoms with Gasteiger partial charge in [0.15, 0.2) is 0 Å². The number of nitrogens with zero attached hydrogens (tertiary/aromatic N) is 4. The highest BCUT2D eigenvalue weighted by atomic mass is 16.5. The average Bonchev–Trinajstić information content (AvgIpc) is 2.90. The van der Waals surface area contributed by atoms with E-state index < -0.39 is 0 Å². The number of benzene rings is 1. The molecule has 0 saturated heterocycles. The van der Waals surface area contributed by atoms with Gasteiger partial charge in [-0.15, -0.1) is 5.10 Å². The molecule has 7 heteroatoms. The van der Waals surface area contributed by atoms with Gasteiger partial charge in [0.2, 0.25) is 5.91 Å². The molecule has 1 heterocycles. The molecule has 1 aromatic carbocycles. The highest BCUT2D eigenvalue weighted by Gasteiger charge is 2.14. The second-order valence-corrected chi connectivity index (χ2v) is 5.22. The van der Waals surface area contributed by atoms with Gasteiger partial charge in [0.05, 0.1) is 17.0 Å². The fourth-order valence-corrected chi connectivity index (χ4v) is 1.52. The molecule has 0 unspecified atom stereocenters. The number of rotatable bonds is 4. The van der Waals surface area contributed by atoms with E-state index in [9.17, 15) is 4.79 Å². The first-order chi connectivity index (χ1) is 9.46. The molecular weight excluding hydrogens is 258 g/mol. The SMILES string of the molecule is CC(C)(C)OCC(=O)Nc1ccccc1-n1cnnn1. The van der Waals surface area contributed by atoms with Crippen LogP contribution in [-0.4, -0.2) is 38.3 Å². The van der Waals surface area contributed by atoms with Crippen molar-refractivity contribution in [3.05, 3.63) is 30.6 Å². The van der Waals surface area contributed by atoms with Gasteiger partial charge in [0.25, 0.3) is 0 Å². The topological polar surface area (TPSA) is 81.9 Å². The molecule has 0 fully saturated rings. The summed E-state index contributed by atoms with van der Waals surface area (Å²) in [6.45, 7) is 5.69. The number of hydrogen-bond acceptors (Lipinski definition) is 5. The van der Waals surface area contributed by atoms with Gasteiger partial charge < -0.3 is 10.1 Å². The molecule has 0 aliphatic rings. The zero-order valence-electron chi connectivity index (χ0n) is 11.7. The van der Waals surface area contributed by atoms with Crippen LogP contribution in [-0.2, 0) is 9.53 Å². The van der Waals surface area contributed by atoms with Gasteiger partial charge in [0, 0.05) is 0 Å². The third kappa shape index (κ3) is 3.86. The Labute approximate surface area is 116 Å². The van der Waals surface area contributed by atoms with E-state index in [-0.39, 0.29) is 18.1 Å². The minimum absolute atomic E-state index is 0.00651. The van der Waals surface area contributed by atoms with Crippen LogP contribution in [0.2, 0.25) is 0 Å². The van der Waals surface area contributed by atoms with Gasteiger partial charge in [-0.1, -0.05) is 12.1 Å². The number of tetrazole rings is 1. The molecule has 2 aromatic rings. The van der Waals surface area contributed by atoms with Crippen LogP contribution in [0.5, 0.6) is 0 Å². The molecule has 0 saturated carbocycles. The van der Waals surface area contributed by atoms with Gasteiger partial charge in [-0.25, -0.2) is 0 Å². The van der Waals surface area contributed by atoms with Crippen LogP contribution in [0.3, 0.4) is 0 Å². The van der Waals surface area contributed by atoms with Crippen molar-refractivity contribution in [2.75, 3.05) is 11.9 Å². The summed E-state index contributed by atoms with van der Waals surface area (Å²) >= 11 is 0. The van der Waals surface area contributed by atoms with Gasteiger partial charge in [0.1, 0.15) is 12.9 Å². The molecule has 7 nitrogen and oxygen atoms in total. The van der Waals surface area contributed by atoms with Crippen molar-refractivity contribution in [2.24, 2.45) is 0 Å². The minimum atomic E-state index is -0.354. The lowest BCUT2D eigenvalue weighted by Gasteiger charge is -2.19. The smallest absolute Gasteiger partial charge is 0.250 e. The fourth-order valence-electron chi connectivity index (χ4n) is 1.52. The van der Waals surface area contributed by atoms with E-state index in [1.54, 1.807) is 6.07 Å². The predicted octanol–water partition coefficient (Wildman–Crippen LogP) is 1.42. The summed E-state index contributed by atoms with van der Waals surface area (Å²) in [6.07, 6.45) is 1.47.